The normalized spacial score (nSPS) is 20.9. The molecule has 0 aliphatic carbocycles. The molecule has 1 fully saturated rings. The monoisotopic (exact) mass is 252 g/mol. The third kappa shape index (κ3) is 3.11. The molecule has 2 rings (SSSR count). The van der Waals surface area contributed by atoms with Crippen LogP contribution in [-0.2, 0) is 11.3 Å². The van der Waals surface area contributed by atoms with Crippen LogP contribution in [-0.4, -0.2) is 36.6 Å². The summed E-state index contributed by atoms with van der Waals surface area (Å²) in [6, 6.07) is 1.89. The van der Waals surface area contributed by atoms with Crippen molar-refractivity contribution in [3.05, 3.63) is 23.7 Å². The predicted molar refractivity (Wildman–Crippen MR) is 67.2 cm³/mol. The fourth-order valence-corrected chi connectivity index (χ4v) is 2.29. The number of rotatable bonds is 4. The third-order valence-corrected chi connectivity index (χ3v) is 3.15. The van der Waals surface area contributed by atoms with Crippen molar-refractivity contribution in [2.45, 2.75) is 32.4 Å². The van der Waals surface area contributed by atoms with Gasteiger partial charge in [0.1, 0.15) is 11.3 Å². The van der Waals surface area contributed by atoms with E-state index in [2.05, 4.69) is 4.90 Å². The molecule has 1 aliphatic heterocycles. The molecule has 18 heavy (non-hydrogen) atoms. The van der Waals surface area contributed by atoms with Crippen molar-refractivity contribution >= 4 is 5.97 Å². The number of ether oxygens (including phenoxy) is 1. The number of nitrogens with two attached hydrogens (primary N) is 1. The van der Waals surface area contributed by atoms with Crippen LogP contribution in [0.2, 0.25) is 0 Å². The number of furan rings is 1. The molecule has 100 valence electrons. The van der Waals surface area contributed by atoms with Gasteiger partial charge in [-0.1, -0.05) is 0 Å². The minimum atomic E-state index is -0.317. The lowest BCUT2D eigenvalue weighted by Gasteiger charge is -2.29. The summed E-state index contributed by atoms with van der Waals surface area (Å²) < 4.78 is 10.4. The minimum absolute atomic E-state index is 0.222. The van der Waals surface area contributed by atoms with Gasteiger partial charge in [0.15, 0.2) is 0 Å². The summed E-state index contributed by atoms with van der Waals surface area (Å²) in [4.78, 5) is 13.9. The van der Waals surface area contributed by atoms with Crippen molar-refractivity contribution in [3.8, 4) is 0 Å². The van der Waals surface area contributed by atoms with Gasteiger partial charge in [-0.05, 0) is 32.4 Å². The molecule has 1 aliphatic rings. The zero-order chi connectivity index (χ0) is 13.0. The summed E-state index contributed by atoms with van der Waals surface area (Å²) in [5.74, 6) is 0.352. The van der Waals surface area contributed by atoms with Crippen LogP contribution >= 0.6 is 0 Å². The van der Waals surface area contributed by atoms with Crippen LogP contribution in [0.15, 0.2) is 16.7 Å². The Kier molecular flexibility index (Phi) is 4.38. The number of hydrogen-bond acceptors (Lipinski definition) is 5. The summed E-state index contributed by atoms with van der Waals surface area (Å²) in [7, 11) is 0. The highest BCUT2D eigenvalue weighted by molar-refractivity contribution is 5.90. The number of esters is 1. The van der Waals surface area contributed by atoms with Crippen LogP contribution in [0, 0.1) is 0 Å². The van der Waals surface area contributed by atoms with E-state index >= 15 is 0 Å². The van der Waals surface area contributed by atoms with Gasteiger partial charge in [0.05, 0.1) is 19.4 Å². The van der Waals surface area contributed by atoms with Gasteiger partial charge in [0.2, 0.25) is 0 Å². The standard InChI is InChI=1S/C13H20N2O3/c1-2-17-13(16)11-5-7-18-12(11)9-15-6-3-4-10(14)8-15/h5,7,10H,2-4,6,8-9,14H2,1H3. The molecule has 0 aromatic carbocycles. The van der Waals surface area contributed by atoms with Crippen LogP contribution in [0.3, 0.4) is 0 Å². The first kappa shape index (κ1) is 13.1. The van der Waals surface area contributed by atoms with Crippen molar-refractivity contribution in [3.63, 3.8) is 0 Å². The number of carbonyl (C=O) groups is 1. The lowest BCUT2D eigenvalue weighted by molar-refractivity contribution is 0.0521. The zero-order valence-corrected chi connectivity index (χ0v) is 10.7. The quantitative estimate of drug-likeness (QED) is 0.820. The van der Waals surface area contributed by atoms with Crippen molar-refractivity contribution in [2.75, 3.05) is 19.7 Å². The summed E-state index contributed by atoms with van der Waals surface area (Å²) >= 11 is 0. The van der Waals surface area contributed by atoms with Gasteiger partial charge in [-0.3, -0.25) is 4.90 Å². The Labute approximate surface area is 107 Å². The van der Waals surface area contributed by atoms with Gasteiger partial charge >= 0.3 is 5.97 Å². The second-order valence-electron chi connectivity index (χ2n) is 4.62. The number of likely N-dealkylation sites (tertiary alicyclic amines) is 1. The van der Waals surface area contributed by atoms with Crippen LogP contribution in [0.5, 0.6) is 0 Å². The smallest absolute Gasteiger partial charge is 0.341 e. The Morgan fingerprint density at radius 1 is 1.67 bits per heavy atom. The molecule has 1 atom stereocenters. The van der Waals surface area contributed by atoms with Crippen molar-refractivity contribution in [1.29, 1.82) is 0 Å². The Morgan fingerprint density at radius 2 is 2.50 bits per heavy atom. The molecule has 0 radical (unpaired) electrons. The number of piperidine rings is 1. The maximum atomic E-state index is 11.7. The summed E-state index contributed by atoms with van der Waals surface area (Å²) in [6.45, 7) is 4.63. The molecule has 0 bridgehead atoms. The molecular weight excluding hydrogens is 232 g/mol. The van der Waals surface area contributed by atoms with E-state index < -0.39 is 0 Å². The largest absolute Gasteiger partial charge is 0.467 e. The lowest BCUT2D eigenvalue weighted by atomic mass is 10.1. The van der Waals surface area contributed by atoms with E-state index in [1.807, 2.05) is 0 Å². The molecule has 1 unspecified atom stereocenters. The van der Waals surface area contributed by atoms with Gasteiger partial charge in [-0.25, -0.2) is 4.79 Å². The van der Waals surface area contributed by atoms with Gasteiger partial charge in [0, 0.05) is 12.6 Å². The van der Waals surface area contributed by atoms with Crippen LogP contribution < -0.4 is 5.73 Å². The van der Waals surface area contributed by atoms with Gasteiger partial charge in [-0.15, -0.1) is 0 Å². The Hall–Kier alpha value is -1.33. The topological polar surface area (TPSA) is 68.7 Å². The van der Waals surface area contributed by atoms with E-state index in [4.69, 9.17) is 14.9 Å². The summed E-state index contributed by atoms with van der Waals surface area (Å²) in [6.07, 6.45) is 3.70. The first-order chi connectivity index (χ1) is 8.70. The minimum Gasteiger partial charge on any atom is -0.467 e. The lowest BCUT2D eigenvalue weighted by Crippen LogP contribution is -2.42. The molecule has 0 saturated carbocycles. The second kappa shape index (κ2) is 6.02. The molecule has 5 nitrogen and oxygen atoms in total. The maximum Gasteiger partial charge on any atom is 0.341 e. The number of hydrogen-bond donors (Lipinski definition) is 1. The van der Waals surface area contributed by atoms with E-state index in [1.54, 1.807) is 13.0 Å². The first-order valence-electron chi connectivity index (χ1n) is 6.42. The number of carbonyl (C=O) groups excluding carboxylic acids is 1. The molecule has 1 saturated heterocycles. The van der Waals surface area contributed by atoms with Crippen LogP contribution in [0.1, 0.15) is 35.9 Å². The zero-order valence-electron chi connectivity index (χ0n) is 10.7. The second-order valence-corrected chi connectivity index (χ2v) is 4.62. The molecule has 2 heterocycles. The van der Waals surface area contributed by atoms with E-state index in [0.717, 1.165) is 25.9 Å². The maximum absolute atomic E-state index is 11.7. The van der Waals surface area contributed by atoms with E-state index in [9.17, 15) is 4.79 Å². The highest BCUT2D eigenvalue weighted by Gasteiger charge is 2.21. The van der Waals surface area contributed by atoms with Gasteiger partial charge in [0.25, 0.3) is 0 Å². The molecule has 1 aromatic heterocycles. The fourth-order valence-electron chi connectivity index (χ4n) is 2.29. The van der Waals surface area contributed by atoms with Crippen molar-refractivity contribution in [1.82, 2.24) is 4.90 Å². The average molecular weight is 252 g/mol. The number of nitrogens with zero attached hydrogens (tertiary/aromatic N) is 1. The summed E-state index contributed by atoms with van der Waals surface area (Å²) in [5.41, 5.74) is 6.46. The van der Waals surface area contributed by atoms with E-state index in [1.165, 1.54) is 6.26 Å². The third-order valence-electron chi connectivity index (χ3n) is 3.15. The van der Waals surface area contributed by atoms with E-state index in [0.29, 0.717) is 24.5 Å². The highest BCUT2D eigenvalue weighted by atomic mass is 16.5. The van der Waals surface area contributed by atoms with Crippen molar-refractivity contribution in [2.24, 2.45) is 5.73 Å². The summed E-state index contributed by atoms with van der Waals surface area (Å²) in [5, 5.41) is 0. The van der Waals surface area contributed by atoms with Crippen molar-refractivity contribution < 1.29 is 13.9 Å². The van der Waals surface area contributed by atoms with Crippen LogP contribution in [0.4, 0.5) is 0 Å². The molecule has 1 aromatic rings. The Balaban J connectivity index is 2.00. The molecular formula is C13H20N2O3. The van der Waals surface area contributed by atoms with Gasteiger partial charge in [-0.2, -0.15) is 0 Å². The first-order valence-corrected chi connectivity index (χ1v) is 6.42. The Bertz CT molecular complexity index is 403. The SMILES string of the molecule is CCOC(=O)c1ccoc1CN1CCCC(N)C1. The molecule has 0 spiro atoms. The highest BCUT2D eigenvalue weighted by Crippen LogP contribution is 2.17. The predicted octanol–water partition coefficient (Wildman–Crippen LogP) is 1.38. The molecule has 2 N–H and O–H groups in total. The average Bonchev–Trinajstić information content (AvgIpc) is 2.77. The van der Waals surface area contributed by atoms with Crippen LogP contribution in [0.25, 0.3) is 0 Å². The molecule has 5 heteroatoms. The van der Waals surface area contributed by atoms with E-state index in [-0.39, 0.29) is 12.0 Å². The van der Waals surface area contributed by atoms with Gasteiger partial charge < -0.3 is 14.9 Å². The fraction of sp³-hybridized carbons (Fsp3) is 0.615. The molecule has 0 amide bonds. The Morgan fingerprint density at radius 3 is 3.22 bits per heavy atom.